The number of nitrogens with zero attached hydrogens (tertiary/aromatic N) is 2. The molecule has 0 saturated heterocycles. The molecule has 1 unspecified atom stereocenters. The third kappa shape index (κ3) is 3.51. The number of nitrogens with one attached hydrogen (secondary N) is 1. The Morgan fingerprint density at radius 3 is 2.75 bits per heavy atom. The second kappa shape index (κ2) is 5.88. The molecule has 16 heavy (non-hydrogen) atoms. The van der Waals surface area contributed by atoms with E-state index in [-0.39, 0.29) is 12.5 Å². The van der Waals surface area contributed by atoms with E-state index in [4.69, 9.17) is 10.5 Å². The van der Waals surface area contributed by atoms with Gasteiger partial charge in [0, 0.05) is 13.0 Å². The lowest BCUT2D eigenvalue weighted by molar-refractivity contribution is -0.118. The maximum absolute atomic E-state index is 11.5. The fraction of sp³-hybridized carbons (Fsp3) is 0.667. The molecular weight excluding hydrogens is 228 g/mol. The first-order valence-electron chi connectivity index (χ1n) is 4.93. The highest BCUT2D eigenvalue weighted by molar-refractivity contribution is 7.15. The van der Waals surface area contributed by atoms with Crippen LogP contribution < -0.4 is 11.1 Å². The Hall–Kier alpha value is -1.05. The van der Waals surface area contributed by atoms with Crippen molar-refractivity contribution in [1.29, 1.82) is 0 Å². The molecule has 0 fully saturated rings. The molecule has 1 heterocycles. The van der Waals surface area contributed by atoms with Gasteiger partial charge in [0.05, 0.1) is 6.61 Å². The largest absolute Gasteiger partial charge is 0.383 e. The molecule has 0 saturated carbocycles. The average molecular weight is 244 g/mol. The quantitative estimate of drug-likeness (QED) is 0.790. The number of hydrogen-bond acceptors (Lipinski definition) is 6. The third-order valence-corrected chi connectivity index (χ3v) is 2.99. The summed E-state index contributed by atoms with van der Waals surface area (Å²) in [5.41, 5.74) is 5.56. The molecule has 0 spiro atoms. The van der Waals surface area contributed by atoms with Gasteiger partial charge >= 0.3 is 0 Å². The highest BCUT2D eigenvalue weighted by Crippen LogP contribution is 2.22. The number of methoxy groups -OCH3 is 1. The summed E-state index contributed by atoms with van der Waals surface area (Å²) >= 11 is 1.35. The van der Waals surface area contributed by atoms with E-state index >= 15 is 0 Å². The number of anilines is 1. The van der Waals surface area contributed by atoms with E-state index in [1.165, 1.54) is 18.4 Å². The fourth-order valence-corrected chi connectivity index (χ4v) is 1.72. The van der Waals surface area contributed by atoms with Crippen molar-refractivity contribution < 1.29 is 9.53 Å². The minimum Gasteiger partial charge on any atom is -0.383 e. The molecule has 0 bridgehead atoms. The molecule has 1 atom stereocenters. The van der Waals surface area contributed by atoms with Crippen molar-refractivity contribution in [2.75, 3.05) is 19.0 Å². The molecule has 90 valence electrons. The standard InChI is InChI=1S/C9H16N4O2S/c1-5(2)8-12-13-9(16-8)11-7(14)6(10)4-15-3/h5-6H,4,10H2,1-3H3,(H,11,13,14). The summed E-state index contributed by atoms with van der Waals surface area (Å²) in [6.07, 6.45) is 0. The minimum absolute atomic E-state index is 0.182. The smallest absolute Gasteiger partial charge is 0.245 e. The molecule has 1 aromatic heterocycles. The monoisotopic (exact) mass is 244 g/mol. The Balaban J connectivity index is 2.56. The molecule has 0 aliphatic rings. The van der Waals surface area contributed by atoms with Gasteiger partial charge in [-0.25, -0.2) is 0 Å². The minimum atomic E-state index is -0.684. The number of ether oxygens (including phenoxy) is 1. The van der Waals surface area contributed by atoms with Gasteiger partial charge in [-0.1, -0.05) is 25.2 Å². The van der Waals surface area contributed by atoms with E-state index in [2.05, 4.69) is 15.5 Å². The maximum atomic E-state index is 11.5. The molecule has 0 aliphatic carbocycles. The van der Waals surface area contributed by atoms with E-state index in [1.807, 2.05) is 13.8 Å². The van der Waals surface area contributed by atoms with Crippen molar-refractivity contribution >= 4 is 22.4 Å². The number of carbonyl (C=O) groups excluding carboxylic acids is 1. The Bertz CT molecular complexity index is 353. The molecule has 0 aromatic carbocycles. The lowest BCUT2D eigenvalue weighted by Gasteiger charge is -2.08. The summed E-state index contributed by atoms with van der Waals surface area (Å²) in [6.45, 7) is 4.22. The summed E-state index contributed by atoms with van der Waals surface area (Å²) in [5, 5.41) is 11.8. The molecule has 0 aliphatic heterocycles. The van der Waals surface area contributed by atoms with Gasteiger partial charge in [-0.05, 0) is 0 Å². The summed E-state index contributed by atoms with van der Waals surface area (Å²) in [4.78, 5) is 11.5. The van der Waals surface area contributed by atoms with Crippen LogP contribution in [0.25, 0.3) is 0 Å². The highest BCUT2D eigenvalue weighted by Gasteiger charge is 2.16. The Morgan fingerprint density at radius 1 is 1.56 bits per heavy atom. The van der Waals surface area contributed by atoms with Crippen molar-refractivity contribution in [3.05, 3.63) is 5.01 Å². The van der Waals surface area contributed by atoms with Crippen LogP contribution in [0.4, 0.5) is 5.13 Å². The Morgan fingerprint density at radius 2 is 2.25 bits per heavy atom. The van der Waals surface area contributed by atoms with Gasteiger partial charge in [0.25, 0.3) is 0 Å². The van der Waals surface area contributed by atoms with Crippen LogP contribution in [-0.2, 0) is 9.53 Å². The number of hydrogen-bond donors (Lipinski definition) is 2. The molecule has 1 rings (SSSR count). The first kappa shape index (κ1) is 13.0. The second-order valence-electron chi connectivity index (χ2n) is 3.65. The molecule has 6 nitrogen and oxygen atoms in total. The third-order valence-electron chi connectivity index (χ3n) is 1.85. The first-order valence-corrected chi connectivity index (χ1v) is 5.75. The zero-order valence-electron chi connectivity index (χ0n) is 9.56. The molecule has 1 amide bonds. The molecule has 7 heteroatoms. The van der Waals surface area contributed by atoms with Gasteiger partial charge in [0.2, 0.25) is 11.0 Å². The topological polar surface area (TPSA) is 90.1 Å². The van der Waals surface area contributed by atoms with Crippen LogP contribution >= 0.6 is 11.3 Å². The Kier molecular flexibility index (Phi) is 4.78. The highest BCUT2D eigenvalue weighted by atomic mass is 32.1. The molecule has 0 radical (unpaired) electrons. The second-order valence-corrected chi connectivity index (χ2v) is 4.66. The van der Waals surface area contributed by atoms with Crippen LogP contribution in [0.15, 0.2) is 0 Å². The molecular formula is C9H16N4O2S. The van der Waals surface area contributed by atoms with Crippen molar-refractivity contribution in [3.8, 4) is 0 Å². The van der Waals surface area contributed by atoms with Crippen LogP contribution in [0, 0.1) is 0 Å². The van der Waals surface area contributed by atoms with Crippen LogP contribution in [0.3, 0.4) is 0 Å². The van der Waals surface area contributed by atoms with E-state index in [9.17, 15) is 4.79 Å². The lowest BCUT2D eigenvalue weighted by Crippen LogP contribution is -2.39. The number of aromatic nitrogens is 2. The van der Waals surface area contributed by atoms with Crippen LogP contribution in [0.5, 0.6) is 0 Å². The van der Waals surface area contributed by atoms with Gasteiger partial charge in [-0.2, -0.15) is 0 Å². The number of amides is 1. The Labute approximate surface area is 98.2 Å². The maximum Gasteiger partial charge on any atom is 0.245 e. The van der Waals surface area contributed by atoms with E-state index in [1.54, 1.807) is 0 Å². The zero-order valence-corrected chi connectivity index (χ0v) is 10.4. The van der Waals surface area contributed by atoms with E-state index in [0.717, 1.165) is 5.01 Å². The van der Waals surface area contributed by atoms with Crippen molar-refractivity contribution in [3.63, 3.8) is 0 Å². The predicted octanol–water partition coefficient (Wildman–Crippen LogP) is 0.574. The number of carbonyl (C=O) groups is 1. The van der Waals surface area contributed by atoms with Gasteiger partial charge in [0.1, 0.15) is 11.0 Å². The average Bonchev–Trinajstić information content (AvgIpc) is 2.66. The van der Waals surface area contributed by atoms with E-state index in [0.29, 0.717) is 11.0 Å². The zero-order chi connectivity index (χ0) is 12.1. The summed E-state index contributed by atoms with van der Waals surface area (Å²) < 4.78 is 4.79. The van der Waals surface area contributed by atoms with Gasteiger partial charge in [-0.15, -0.1) is 10.2 Å². The SMILES string of the molecule is COCC(N)C(=O)Nc1nnc(C(C)C)s1. The lowest BCUT2D eigenvalue weighted by atomic mass is 10.2. The normalized spacial score (nSPS) is 12.8. The van der Waals surface area contributed by atoms with Gasteiger partial charge < -0.3 is 10.5 Å². The van der Waals surface area contributed by atoms with Crippen LogP contribution in [0.1, 0.15) is 24.8 Å². The van der Waals surface area contributed by atoms with Crippen molar-refractivity contribution in [2.24, 2.45) is 5.73 Å². The van der Waals surface area contributed by atoms with Crippen molar-refractivity contribution in [1.82, 2.24) is 10.2 Å². The van der Waals surface area contributed by atoms with Gasteiger partial charge in [0.15, 0.2) is 0 Å². The molecule has 3 N–H and O–H groups in total. The van der Waals surface area contributed by atoms with Gasteiger partial charge in [-0.3, -0.25) is 10.1 Å². The predicted molar refractivity (Wildman–Crippen MR) is 62.5 cm³/mol. The van der Waals surface area contributed by atoms with E-state index < -0.39 is 6.04 Å². The number of nitrogens with two attached hydrogens (primary N) is 1. The first-order chi connectivity index (χ1) is 7.54. The van der Waals surface area contributed by atoms with Crippen molar-refractivity contribution in [2.45, 2.75) is 25.8 Å². The van der Waals surface area contributed by atoms with Crippen LogP contribution in [0.2, 0.25) is 0 Å². The van der Waals surface area contributed by atoms with Crippen LogP contribution in [-0.4, -0.2) is 35.9 Å². The summed E-state index contributed by atoms with van der Waals surface area (Å²) in [7, 11) is 1.49. The number of rotatable bonds is 5. The summed E-state index contributed by atoms with van der Waals surface area (Å²) in [5.74, 6) is -0.0101. The summed E-state index contributed by atoms with van der Waals surface area (Å²) in [6, 6.07) is -0.684. The molecule has 1 aromatic rings. The fourth-order valence-electron chi connectivity index (χ4n) is 0.972.